The molecule has 84 valence electrons. The minimum atomic E-state index is 0.0753. The Kier molecular flexibility index (Phi) is 4.09. The van der Waals surface area contributed by atoms with Gasteiger partial charge in [-0.1, -0.05) is 13.8 Å². The third-order valence-corrected chi connectivity index (χ3v) is 2.21. The predicted molar refractivity (Wildman–Crippen MR) is 63.0 cm³/mol. The Hall–Kier alpha value is -1.09. The number of nitrogens with zero attached hydrogens (tertiary/aromatic N) is 2. The topological polar surface area (TPSA) is 36.4 Å². The SMILES string of the molecule is Cc1cc(CO)cc(N(C)CC(C)C)n1. The number of hydrogen-bond donors (Lipinski definition) is 1. The minimum absolute atomic E-state index is 0.0753. The summed E-state index contributed by atoms with van der Waals surface area (Å²) >= 11 is 0. The third-order valence-electron chi connectivity index (χ3n) is 2.21. The molecule has 1 rings (SSSR count). The average molecular weight is 208 g/mol. The first-order chi connectivity index (χ1) is 7.02. The summed E-state index contributed by atoms with van der Waals surface area (Å²) in [5.41, 5.74) is 1.88. The lowest BCUT2D eigenvalue weighted by molar-refractivity contribution is 0.281. The zero-order valence-corrected chi connectivity index (χ0v) is 9.99. The molecular weight excluding hydrogens is 188 g/mol. The van der Waals surface area contributed by atoms with Crippen LogP contribution in [-0.2, 0) is 6.61 Å². The van der Waals surface area contributed by atoms with E-state index >= 15 is 0 Å². The first-order valence-electron chi connectivity index (χ1n) is 5.32. The number of hydrogen-bond acceptors (Lipinski definition) is 3. The third kappa shape index (κ3) is 3.51. The highest BCUT2D eigenvalue weighted by Gasteiger charge is 2.06. The van der Waals surface area contributed by atoms with E-state index in [1.165, 1.54) is 0 Å². The van der Waals surface area contributed by atoms with Gasteiger partial charge in [-0.25, -0.2) is 4.98 Å². The van der Waals surface area contributed by atoms with E-state index in [9.17, 15) is 0 Å². The van der Waals surface area contributed by atoms with E-state index in [0.717, 1.165) is 23.6 Å². The highest BCUT2D eigenvalue weighted by molar-refractivity contribution is 5.41. The second-order valence-electron chi connectivity index (χ2n) is 4.41. The van der Waals surface area contributed by atoms with Crippen molar-refractivity contribution in [2.24, 2.45) is 5.92 Å². The Balaban J connectivity index is 2.88. The summed E-state index contributed by atoms with van der Waals surface area (Å²) in [5, 5.41) is 9.10. The quantitative estimate of drug-likeness (QED) is 0.822. The van der Waals surface area contributed by atoms with Gasteiger partial charge < -0.3 is 10.0 Å². The molecule has 0 radical (unpaired) electrons. The lowest BCUT2D eigenvalue weighted by Crippen LogP contribution is -2.23. The molecule has 1 aromatic heterocycles. The molecule has 0 spiro atoms. The molecule has 1 aromatic rings. The van der Waals surface area contributed by atoms with Crippen molar-refractivity contribution in [3.8, 4) is 0 Å². The number of aliphatic hydroxyl groups excluding tert-OH is 1. The van der Waals surface area contributed by atoms with Crippen LogP contribution in [0.4, 0.5) is 5.82 Å². The van der Waals surface area contributed by atoms with E-state index in [1.54, 1.807) is 0 Å². The van der Waals surface area contributed by atoms with Crippen LogP contribution >= 0.6 is 0 Å². The Morgan fingerprint density at radius 1 is 1.40 bits per heavy atom. The first kappa shape index (κ1) is 12.0. The van der Waals surface area contributed by atoms with Gasteiger partial charge >= 0.3 is 0 Å². The fraction of sp³-hybridized carbons (Fsp3) is 0.583. The van der Waals surface area contributed by atoms with Crippen LogP contribution in [0, 0.1) is 12.8 Å². The lowest BCUT2D eigenvalue weighted by atomic mass is 10.2. The predicted octanol–water partition coefficient (Wildman–Crippen LogP) is 1.97. The van der Waals surface area contributed by atoms with Gasteiger partial charge in [-0.05, 0) is 30.5 Å². The van der Waals surface area contributed by atoms with Gasteiger partial charge in [0.2, 0.25) is 0 Å². The van der Waals surface area contributed by atoms with Gasteiger partial charge in [0.25, 0.3) is 0 Å². The van der Waals surface area contributed by atoms with Crippen LogP contribution < -0.4 is 4.90 Å². The molecule has 0 saturated carbocycles. The molecule has 0 saturated heterocycles. The minimum Gasteiger partial charge on any atom is -0.392 e. The van der Waals surface area contributed by atoms with E-state index in [1.807, 2.05) is 26.1 Å². The van der Waals surface area contributed by atoms with Crippen LogP contribution in [0.25, 0.3) is 0 Å². The number of pyridine rings is 1. The van der Waals surface area contributed by atoms with Crippen molar-refractivity contribution in [1.82, 2.24) is 4.98 Å². The van der Waals surface area contributed by atoms with Gasteiger partial charge in [0, 0.05) is 19.3 Å². The van der Waals surface area contributed by atoms with Gasteiger partial charge in [-0.15, -0.1) is 0 Å². The first-order valence-corrected chi connectivity index (χ1v) is 5.32. The molecule has 0 amide bonds. The molecule has 0 aliphatic heterocycles. The highest BCUT2D eigenvalue weighted by Crippen LogP contribution is 2.14. The van der Waals surface area contributed by atoms with Crippen molar-refractivity contribution < 1.29 is 5.11 Å². The number of anilines is 1. The van der Waals surface area contributed by atoms with Crippen molar-refractivity contribution in [2.45, 2.75) is 27.4 Å². The molecule has 0 atom stereocenters. The summed E-state index contributed by atoms with van der Waals surface area (Å²) in [7, 11) is 2.03. The van der Waals surface area contributed by atoms with Crippen LogP contribution in [-0.4, -0.2) is 23.7 Å². The largest absolute Gasteiger partial charge is 0.392 e. The molecule has 15 heavy (non-hydrogen) atoms. The zero-order chi connectivity index (χ0) is 11.4. The molecule has 1 N–H and O–H groups in total. The molecule has 1 heterocycles. The van der Waals surface area contributed by atoms with Crippen molar-refractivity contribution in [1.29, 1.82) is 0 Å². The molecule has 0 aromatic carbocycles. The van der Waals surface area contributed by atoms with E-state index in [4.69, 9.17) is 5.11 Å². The summed E-state index contributed by atoms with van der Waals surface area (Å²) in [6.45, 7) is 7.36. The van der Waals surface area contributed by atoms with Gasteiger partial charge in [-0.2, -0.15) is 0 Å². The second-order valence-corrected chi connectivity index (χ2v) is 4.41. The average Bonchev–Trinajstić information content (AvgIpc) is 2.15. The standard InChI is InChI=1S/C12H20N2O/c1-9(2)7-14(4)12-6-11(8-15)5-10(3)13-12/h5-6,9,15H,7-8H2,1-4H3. The maximum Gasteiger partial charge on any atom is 0.128 e. The number of aryl methyl sites for hydroxylation is 1. The van der Waals surface area contributed by atoms with Crippen LogP contribution in [0.15, 0.2) is 12.1 Å². The van der Waals surface area contributed by atoms with Crippen LogP contribution in [0.1, 0.15) is 25.1 Å². The summed E-state index contributed by atoms with van der Waals surface area (Å²) in [6, 6.07) is 3.85. The van der Waals surface area contributed by atoms with Crippen LogP contribution in [0.3, 0.4) is 0 Å². The van der Waals surface area contributed by atoms with E-state index < -0.39 is 0 Å². The van der Waals surface area contributed by atoms with E-state index in [0.29, 0.717) is 5.92 Å². The van der Waals surface area contributed by atoms with Crippen molar-refractivity contribution in [3.63, 3.8) is 0 Å². The van der Waals surface area contributed by atoms with Gasteiger partial charge in [0.1, 0.15) is 5.82 Å². The van der Waals surface area contributed by atoms with Gasteiger partial charge in [-0.3, -0.25) is 0 Å². The fourth-order valence-corrected chi connectivity index (χ4v) is 1.65. The summed E-state index contributed by atoms with van der Waals surface area (Å²) < 4.78 is 0. The molecule has 0 aliphatic carbocycles. The van der Waals surface area contributed by atoms with Gasteiger partial charge in [0.15, 0.2) is 0 Å². The molecule has 0 aliphatic rings. The Labute approximate surface area is 91.8 Å². The molecule has 0 fully saturated rings. The fourth-order valence-electron chi connectivity index (χ4n) is 1.65. The van der Waals surface area contributed by atoms with Crippen molar-refractivity contribution >= 4 is 5.82 Å². The molecule has 3 nitrogen and oxygen atoms in total. The Morgan fingerprint density at radius 3 is 2.60 bits per heavy atom. The highest BCUT2D eigenvalue weighted by atomic mass is 16.3. The molecule has 0 unspecified atom stereocenters. The molecule has 0 bridgehead atoms. The second kappa shape index (κ2) is 5.12. The van der Waals surface area contributed by atoms with Crippen molar-refractivity contribution in [3.05, 3.63) is 23.4 Å². The maximum absolute atomic E-state index is 9.10. The number of aromatic nitrogens is 1. The summed E-state index contributed by atoms with van der Waals surface area (Å²) in [4.78, 5) is 6.57. The van der Waals surface area contributed by atoms with Crippen LogP contribution in [0.2, 0.25) is 0 Å². The van der Waals surface area contributed by atoms with Gasteiger partial charge in [0.05, 0.1) is 6.61 Å². The lowest BCUT2D eigenvalue weighted by Gasteiger charge is -2.21. The van der Waals surface area contributed by atoms with Crippen LogP contribution in [0.5, 0.6) is 0 Å². The Morgan fingerprint density at radius 2 is 2.07 bits per heavy atom. The summed E-state index contributed by atoms with van der Waals surface area (Å²) in [6.07, 6.45) is 0. The monoisotopic (exact) mass is 208 g/mol. The maximum atomic E-state index is 9.10. The molecular formula is C12H20N2O. The normalized spacial score (nSPS) is 10.8. The van der Waals surface area contributed by atoms with E-state index in [2.05, 4.69) is 23.7 Å². The van der Waals surface area contributed by atoms with E-state index in [-0.39, 0.29) is 6.61 Å². The number of rotatable bonds is 4. The number of aliphatic hydroxyl groups is 1. The van der Waals surface area contributed by atoms with Crippen molar-refractivity contribution in [2.75, 3.05) is 18.5 Å². The summed E-state index contributed by atoms with van der Waals surface area (Å²) in [5.74, 6) is 1.54. The molecule has 3 heteroatoms. The smallest absolute Gasteiger partial charge is 0.128 e. The zero-order valence-electron chi connectivity index (χ0n) is 9.99. The Bertz CT molecular complexity index is 323.